The van der Waals surface area contributed by atoms with E-state index in [1.54, 1.807) is 18.5 Å². The molecule has 0 aromatic carbocycles. The summed E-state index contributed by atoms with van der Waals surface area (Å²) in [5.74, 6) is -0.0697. The van der Waals surface area contributed by atoms with E-state index in [0.29, 0.717) is 28.2 Å². The summed E-state index contributed by atoms with van der Waals surface area (Å²) < 4.78 is 1.84. The van der Waals surface area contributed by atoms with Crippen LogP contribution in [-0.2, 0) is 0 Å². The van der Waals surface area contributed by atoms with Crippen molar-refractivity contribution in [1.29, 1.82) is 0 Å². The molecular formula is C19H24N8O. The Labute approximate surface area is 162 Å². The maximum absolute atomic E-state index is 12.1. The average Bonchev–Trinajstić information content (AvgIpc) is 3.18. The van der Waals surface area contributed by atoms with Crippen LogP contribution in [0.15, 0.2) is 24.7 Å². The lowest BCUT2D eigenvalue weighted by Gasteiger charge is -2.23. The fraction of sp³-hybridized carbons (Fsp3) is 0.421. The number of carbonyl (C=O) groups is 1. The van der Waals surface area contributed by atoms with Gasteiger partial charge in [-0.2, -0.15) is 5.10 Å². The number of rotatable bonds is 5. The van der Waals surface area contributed by atoms with E-state index in [4.69, 9.17) is 5.73 Å². The van der Waals surface area contributed by atoms with Crippen LogP contribution in [0, 0.1) is 0 Å². The second-order valence-electron chi connectivity index (χ2n) is 7.34. The molecule has 146 valence electrons. The summed E-state index contributed by atoms with van der Waals surface area (Å²) in [4.78, 5) is 25.6. The number of amides is 1. The first-order valence-electron chi connectivity index (χ1n) is 9.50. The van der Waals surface area contributed by atoms with Gasteiger partial charge in [-0.1, -0.05) is 0 Å². The van der Waals surface area contributed by atoms with Crippen LogP contribution >= 0.6 is 0 Å². The molecule has 0 unspecified atom stereocenters. The Morgan fingerprint density at radius 3 is 2.89 bits per heavy atom. The molecule has 1 saturated heterocycles. The smallest absolute Gasteiger partial charge is 0.251 e. The highest BCUT2D eigenvalue weighted by molar-refractivity contribution is 6.05. The maximum Gasteiger partial charge on any atom is 0.251 e. The highest BCUT2D eigenvalue weighted by Gasteiger charge is 2.18. The first-order chi connectivity index (χ1) is 13.5. The Kier molecular flexibility index (Phi) is 4.91. The van der Waals surface area contributed by atoms with E-state index in [1.807, 2.05) is 24.7 Å². The molecule has 1 atom stereocenters. The number of anilines is 1. The molecule has 0 radical (unpaired) electrons. The third-order valence-corrected chi connectivity index (χ3v) is 4.87. The number of nitrogens with zero attached hydrogens (tertiary/aromatic N) is 5. The highest BCUT2D eigenvalue weighted by atomic mass is 16.1. The Balaban J connectivity index is 1.72. The van der Waals surface area contributed by atoms with Crippen molar-refractivity contribution in [3.8, 4) is 11.3 Å². The molecule has 3 aromatic rings. The topological polar surface area (TPSA) is 124 Å². The highest BCUT2D eigenvalue weighted by Crippen LogP contribution is 2.24. The monoisotopic (exact) mass is 380 g/mol. The summed E-state index contributed by atoms with van der Waals surface area (Å²) in [6, 6.07) is 2.17. The zero-order chi connectivity index (χ0) is 19.7. The lowest BCUT2D eigenvalue weighted by Crippen LogP contribution is -2.38. The molecule has 1 amide bonds. The number of fused-ring (bicyclic) bond motifs is 1. The van der Waals surface area contributed by atoms with Crippen molar-refractivity contribution in [2.45, 2.75) is 38.8 Å². The number of nitrogens with two attached hydrogens (primary N) is 1. The number of primary amides is 1. The molecule has 0 aliphatic carbocycles. The third kappa shape index (κ3) is 3.65. The Hall–Kier alpha value is -3.07. The van der Waals surface area contributed by atoms with Crippen molar-refractivity contribution in [3.63, 3.8) is 0 Å². The Morgan fingerprint density at radius 1 is 1.36 bits per heavy atom. The molecule has 0 saturated carbocycles. The van der Waals surface area contributed by atoms with Gasteiger partial charge in [0, 0.05) is 30.4 Å². The molecule has 4 N–H and O–H groups in total. The first kappa shape index (κ1) is 18.3. The Bertz CT molecular complexity index is 1010. The van der Waals surface area contributed by atoms with Crippen molar-refractivity contribution in [2.24, 2.45) is 5.73 Å². The summed E-state index contributed by atoms with van der Waals surface area (Å²) in [5, 5.41) is 11.0. The van der Waals surface area contributed by atoms with Gasteiger partial charge in [0.2, 0.25) is 5.95 Å². The van der Waals surface area contributed by atoms with Crippen molar-refractivity contribution in [3.05, 3.63) is 30.2 Å². The van der Waals surface area contributed by atoms with Gasteiger partial charge in [0.05, 0.1) is 23.7 Å². The quantitative estimate of drug-likeness (QED) is 0.616. The molecule has 9 nitrogen and oxygen atoms in total. The average molecular weight is 380 g/mol. The molecule has 9 heteroatoms. The lowest BCUT2D eigenvalue weighted by atomic mass is 10.1. The van der Waals surface area contributed by atoms with Gasteiger partial charge < -0.3 is 16.4 Å². The van der Waals surface area contributed by atoms with E-state index >= 15 is 0 Å². The predicted octanol–water partition coefficient (Wildman–Crippen LogP) is 1.73. The number of piperidine rings is 1. The van der Waals surface area contributed by atoms with Crippen molar-refractivity contribution >= 4 is 22.9 Å². The molecule has 4 heterocycles. The van der Waals surface area contributed by atoms with Crippen LogP contribution in [0.25, 0.3) is 22.3 Å². The summed E-state index contributed by atoms with van der Waals surface area (Å²) in [7, 11) is 0. The minimum absolute atomic E-state index is 0.232. The summed E-state index contributed by atoms with van der Waals surface area (Å²) in [5.41, 5.74) is 8.37. The maximum atomic E-state index is 12.1. The second-order valence-corrected chi connectivity index (χ2v) is 7.34. The molecular weight excluding hydrogens is 356 g/mol. The van der Waals surface area contributed by atoms with Gasteiger partial charge >= 0.3 is 0 Å². The molecule has 4 rings (SSSR count). The number of pyridine rings is 1. The standard InChI is InChI=1S/C19H24N8O/c1-11(2)27-10-12(7-23-27)15-6-14(18(20)28)17-16(25-15)9-22-19(26-17)24-13-4-3-5-21-8-13/h6-7,9-11,13,21H,3-5,8H2,1-2H3,(H2,20,28)(H,22,24,26)/t13-/m0/s1. The Morgan fingerprint density at radius 2 is 2.21 bits per heavy atom. The van der Waals surface area contributed by atoms with Crippen LogP contribution in [0.5, 0.6) is 0 Å². The minimum atomic E-state index is -0.547. The van der Waals surface area contributed by atoms with Gasteiger partial charge in [-0.05, 0) is 39.3 Å². The van der Waals surface area contributed by atoms with Gasteiger partial charge in [-0.15, -0.1) is 0 Å². The third-order valence-electron chi connectivity index (χ3n) is 4.87. The van der Waals surface area contributed by atoms with Gasteiger partial charge in [0.1, 0.15) is 11.0 Å². The molecule has 1 aliphatic rings. The number of carbonyl (C=O) groups excluding carboxylic acids is 1. The van der Waals surface area contributed by atoms with Crippen LogP contribution in [0.1, 0.15) is 43.1 Å². The lowest BCUT2D eigenvalue weighted by molar-refractivity contribution is 0.100. The normalized spacial score (nSPS) is 17.2. The van der Waals surface area contributed by atoms with Crippen LogP contribution in [0.2, 0.25) is 0 Å². The number of nitrogens with one attached hydrogen (secondary N) is 2. The van der Waals surface area contributed by atoms with Crippen LogP contribution in [0.4, 0.5) is 5.95 Å². The van der Waals surface area contributed by atoms with E-state index in [9.17, 15) is 4.79 Å². The van der Waals surface area contributed by atoms with Crippen LogP contribution in [-0.4, -0.2) is 49.8 Å². The van der Waals surface area contributed by atoms with Crippen molar-refractivity contribution in [1.82, 2.24) is 30.0 Å². The molecule has 0 bridgehead atoms. The van der Waals surface area contributed by atoms with Gasteiger partial charge in [0.15, 0.2) is 0 Å². The van der Waals surface area contributed by atoms with E-state index in [1.165, 1.54) is 0 Å². The molecule has 3 aromatic heterocycles. The first-order valence-corrected chi connectivity index (χ1v) is 9.50. The van der Waals surface area contributed by atoms with E-state index in [2.05, 4.69) is 30.7 Å². The van der Waals surface area contributed by atoms with Gasteiger partial charge in [-0.3, -0.25) is 9.48 Å². The zero-order valence-electron chi connectivity index (χ0n) is 16.0. The van der Waals surface area contributed by atoms with E-state index in [-0.39, 0.29) is 12.1 Å². The predicted molar refractivity (Wildman–Crippen MR) is 107 cm³/mol. The fourth-order valence-corrected chi connectivity index (χ4v) is 3.34. The number of aromatic nitrogens is 5. The second kappa shape index (κ2) is 7.51. The number of hydrogen-bond donors (Lipinski definition) is 3. The van der Waals surface area contributed by atoms with E-state index < -0.39 is 5.91 Å². The minimum Gasteiger partial charge on any atom is -0.366 e. The van der Waals surface area contributed by atoms with Crippen molar-refractivity contribution in [2.75, 3.05) is 18.4 Å². The summed E-state index contributed by atoms with van der Waals surface area (Å²) >= 11 is 0. The van der Waals surface area contributed by atoms with E-state index in [0.717, 1.165) is 31.5 Å². The zero-order valence-corrected chi connectivity index (χ0v) is 16.0. The van der Waals surface area contributed by atoms with Gasteiger partial charge in [-0.25, -0.2) is 15.0 Å². The number of hydrogen-bond acceptors (Lipinski definition) is 7. The molecule has 0 spiro atoms. The largest absolute Gasteiger partial charge is 0.366 e. The van der Waals surface area contributed by atoms with Gasteiger partial charge in [0.25, 0.3) is 5.91 Å². The van der Waals surface area contributed by atoms with Crippen LogP contribution in [0.3, 0.4) is 0 Å². The summed E-state index contributed by atoms with van der Waals surface area (Å²) in [6.45, 7) is 5.98. The van der Waals surface area contributed by atoms with Crippen LogP contribution < -0.4 is 16.4 Å². The fourth-order valence-electron chi connectivity index (χ4n) is 3.34. The molecule has 28 heavy (non-hydrogen) atoms. The SMILES string of the molecule is CC(C)n1cc(-c2cc(C(N)=O)c3nc(N[C@H]4CCCNC4)ncc3n2)cn1. The summed E-state index contributed by atoms with van der Waals surface area (Å²) in [6.07, 6.45) is 7.41. The molecule has 1 fully saturated rings. The molecule has 1 aliphatic heterocycles. The van der Waals surface area contributed by atoms with Crippen molar-refractivity contribution < 1.29 is 4.79 Å².